The van der Waals surface area contributed by atoms with Gasteiger partial charge in [-0.2, -0.15) is 0 Å². The molecule has 0 heterocycles. The van der Waals surface area contributed by atoms with Gasteiger partial charge in [0, 0.05) is 0 Å². The molecule has 0 fully saturated rings. The van der Waals surface area contributed by atoms with Gasteiger partial charge in [-0.1, -0.05) is 0 Å². The van der Waals surface area contributed by atoms with E-state index in [0.717, 1.165) is 11.4 Å². The second-order valence-electron chi connectivity index (χ2n) is 3.11. The minimum absolute atomic E-state index is 0.900. The number of benzene rings is 2. The maximum atomic E-state index is 6.16. The Morgan fingerprint density at radius 3 is 1.44 bits per heavy atom. The Morgan fingerprint density at radius 1 is 0.688 bits per heavy atom. The molecule has 0 aliphatic carbocycles. The number of nitrogens with zero attached hydrogens (tertiary/aromatic N) is 2. The van der Waals surface area contributed by atoms with Crippen molar-refractivity contribution in [3.8, 4) is 0 Å². The molecule has 0 saturated carbocycles. The van der Waals surface area contributed by atoms with Crippen molar-refractivity contribution in [3.05, 3.63) is 60.7 Å². The normalized spacial score (nSPS) is 11.7. The molecule has 0 aliphatic rings. The first-order valence-corrected chi connectivity index (χ1v) is 8.01. The van der Waals surface area contributed by atoms with Crippen LogP contribution in [-0.2, 0) is 13.8 Å². The van der Waals surface area contributed by atoms with Gasteiger partial charge in [0.05, 0.1) is 0 Å². The van der Waals surface area contributed by atoms with Gasteiger partial charge < -0.3 is 0 Å². The topological polar surface area (TPSA) is 24.7 Å². The van der Waals surface area contributed by atoms with Crippen molar-refractivity contribution in [2.24, 2.45) is 7.58 Å². The van der Waals surface area contributed by atoms with Crippen LogP contribution in [0.25, 0.3) is 0 Å². The molecule has 0 amide bonds. The van der Waals surface area contributed by atoms with Crippen molar-refractivity contribution in [3.63, 3.8) is 0 Å². The van der Waals surface area contributed by atoms with Crippen LogP contribution in [0.2, 0.25) is 0 Å². The second-order valence-corrected chi connectivity index (χ2v) is 5.73. The molecule has 2 aromatic rings. The van der Waals surface area contributed by atoms with E-state index in [1.807, 2.05) is 60.7 Å². The molecule has 0 spiro atoms. The Hall–Kier alpha value is -1.09. The van der Waals surface area contributed by atoms with Gasteiger partial charge in [0.25, 0.3) is 0 Å². The quantitative estimate of drug-likeness (QED) is 0.748. The molecule has 0 radical (unpaired) electrons. The van der Waals surface area contributed by atoms with E-state index < -0.39 is 13.8 Å². The summed E-state index contributed by atoms with van der Waals surface area (Å²) >= 11 is -2.00. The summed E-state index contributed by atoms with van der Waals surface area (Å²) in [5.74, 6) is 0. The fraction of sp³-hybridized carbons (Fsp3) is 0. The van der Waals surface area contributed by atoms with Gasteiger partial charge in [0.15, 0.2) is 0 Å². The summed E-state index contributed by atoms with van der Waals surface area (Å²) in [6, 6.07) is 19.4. The predicted molar refractivity (Wildman–Crippen MR) is 62.9 cm³/mol. The van der Waals surface area contributed by atoms with E-state index in [9.17, 15) is 0 Å². The average molecular weight is 269 g/mol. The number of hydrogen-bond acceptors (Lipinski definition) is 2. The van der Waals surface area contributed by atoms with Gasteiger partial charge in [0.1, 0.15) is 0 Å². The van der Waals surface area contributed by atoms with E-state index in [2.05, 4.69) is 7.58 Å². The first-order chi connectivity index (χ1) is 7.84. The number of hydrogen-bond donors (Lipinski definition) is 0. The monoisotopic (exact) mass is 268 g/mol. The van der Waals surface area contributed by atoms with Crippen LogP contribution in [0.15, 0.2) is 68.2 Å². The Balaban J connectivity index is 2.29. The molecular weight excluding hydrogens is 259 g/mol. The van der Waals surface area contributed by atoms with Crippen LogP contribution in [0.1, 0.15) is 0 Å². The van der Waals surface area contributed by atoms with Gasteiger partial charge in [-0.05, 0) is 0 Å². The van der Waals surface area contributed by atoms with E-state index in [4.69, 9.17) is 9.85 Å². The SMILES string of the molecule is [Cl][V](=[N]c1ccccc1)=[N]c1ccccc1. The molecule has 0 aromatic heterocycles. The van der Waals surface area contributed by atoms with Gasteiger partial charge in [-0.25, -0.2) is 0 Å². The van der Waals surface area contributed by atoms with Crippen molar-refractivity contribution in [2.75, 3.05) is 0 Å². The van der Waals surface area contributed by atoms with Crippen molar-refractivity contribution in [1.29, 1.82) is 0 Å². The zero-order valence-corrected chi connectivity index (χ0v) is 10.6. The summed E-state index contributed by atoms with van der Waals surface area (Å²) in [5, 5.41) is 0. The molecule has 0 atom stereocenters. The summed E-state index contributed by atoms with van der Waals surface area (Å²) in [5.41, 5.74) is 1.80. The molecule has 4 heteroatoms. The standard InChI is InChI=1S/2C6H5N.ClH.V/c2*7-6-4-2-1-3-5-6;;/h2*1-5H;1H;/q;;;+1/p-1. The van der Waals surface area contributed by atoms with Crippen LogP contribution in [0, 0.1) is 0 Å². The summed E-state index contributed by atoms with van der Waals surface area (Å²) < 4.78 is 8.80. The third-order valence-electron chi connectivity index (χ3n) is 1.91. The minimum atomic E-state index is -2.00. The summed E-state index contributed by atoms with van der Waals surface area (Å²) in [6.45, 7) is 0. The molecule has 0 unspecified atom stereocenters. The Kier molecular flexibility index (Phi) is 4.17. The van der Waals surface area contributed by atoms with Crippen molar-refractivity contribution < 1.29 is 13.8 Å². The second kappa shape index (κ2) is 5.85. The van der Waals surface area contributed by atoms with Crippen LogP contribution in [0.3, 0.4) is 0 Å². The molecule has 2 rings (SSSR count). The van der Waals surface area contributed by atoms with Gasteiger partial charge in [0.2, 0.25) is 0 Å². The van der Waals surface area contributed by atoms with Crippen LogP contribution >= 0.6 is 9.85 Å². The molecule has 0 aliphatic heterocycles. The molecule has 16 heavy (non-hydrogen) atoms. The molecule has 2 aromatic carbocycles. The fourth-order valence-corrected chi connectivity index (χ4v) is 3.00. The Morgan fingerprint density at radius 2 is 1.06 bits per heavy atom. The van der Waals surface area contributed by atoms with E-state index in [0.29, 0.717) is 0 Å². The number of halogens is 1. The maximum absolute atomic E-state index is 6.16. The van der Waals surface area contributed by atoms with E-state index in [1.54, 1.807) is 0 Å². The van der Waals surface area contributed by atoms with E-state index in [-0.39, 0.29) is 0 Å². The summed E-state index contributed by atoms with van der Waals surface area (Å²) in [7, 11) is 6.16. The zero-order valence-electron chi connectivity index (χ0n) is 8.49. The average Bonchev–Trinajstić information content (AvgIpc) is 2.31. The Labute approximate surface area is 103 Å². The molecule has 0 N–H and O–H groups in total. The van der Waals surface area contributed by atoms with Gasteiger partial charge in [-0.15, -0.1) is 0 Å². The molecule has 0 bridgehead atoms. The van der Waals surface area contributed by atoms with E-state index in [1.165, 1.54) is 0 Å². The fourth-order valence-electron chi connectivity index (χ4n) is 1.20. The Bertz CT molecular complexity index is 484. The van der Waals surface area contributed by atoms with Crippen molar-refractivity contribution in [2.45, 2.75) is 0 Å². The van der Waals surface area contributed by atoms with Crippen molar-refractivity contribution in [1.82, 2.24) is 0 Å². The third-order valence-corrected chi connectivity index (χ3v) is 3.77. The summed E-state index contributed by atoms with van der Waals surface area (Å²) in [6.07, 6.45) is 0. The molecular formula is C12H10ClN2V. The molecule has 80 valence electrons. The third kappa shape index (κ3) is 3.49. The predicted octanol–water partition coefficient (Wildman–Crippen LogP) is 4.79. The van der Waals surface area contributed by atoms with Crippen LogP contribution in [0.4, 0.5) is 11.4 Å². The zero-order chi connectivity index (χ0) is 11.2. The number of rotatable bonds is 2. The van der Waals surface area contributed by atoms with Gasteiger partial charge >= 0.3 is 103 Å². The molecule has 0 saturated heterocycles. The van der Waals surface area contributed by atoms with Crippen LogP contribution in [0.5, 0.6) is 0 Å². The van der Waals surface area contributed by atoms with Crippen LogP contribution in [-0.4, -0.2) is 0 Å². The van der Waals surface area contributed by atoms with Gasteiger partial charge in [-0.3, -0.25) is 0 Å². The van der Waals surface area contributed by atoms with Crippen molar-refractivity contribution >= 4 is 21.2 Å². The summed E-state index contributed by atoms with van der Waals surface area (Å²) in [4.78, 5) is 0. The first-order valence-electron chi connectivity index (χ1n) is 4.84. The van der Waals surface area contributed by atoms with Crippen LogP contribution < -0.4 is 0 Å². The van der Waals surface area contributed by atoms with E-state index >= 15 is 0 Å². The molecule has 2 nitrogen and oxygen atoms in total. The first kappa shape index (κ1) is 11.4.